The largest absolute Gasteiger partial charge is 0.452 e. The van der Waals surface area contributed by atoms with Crippen LogP contribution in [0, 0.1) is 0 Å². The van der Waals surface area contributed by atoms with Gasteiger partial charge in [-0.3, -0.25) is 14.9 Å². The molecule has 3 rings (SSSR count). The summed E-state index contributed by atoms with van der Waals surface area (Å²) in [4.78, 5) is 35.5. The first kappa shape index (κ1) is 17.9. The van der Waals surface area contributed by atoms with Crippen LogP contribution in [0.1, 0.15) is 15.9 Å². The van der Waals surface area contributed by atoms with Gasteiger partial charge in [0.15, 0.2) is 6.61 Å². The molecule has 0 aliphatic heterocycles. The number of tetrazole rings is 1. The standard InChI is InChI=1S/C18H15N5O4/c24-16(10-13-4-2-1-3-5-13)20-17(25)11-27-18(26)14-6-8-15(9-7-14)23-12-19-21-22-23/h1-9,12H,10-11H2,(H,20,24,25). The molecule has 0 atom stereocenters. The Balaban J connectivity index is 1.47. The number of esters is 1. The van der Waals surface area contributed by atoms with E-state index in [0.29, 0.717) is 5.69 Å². The second-order valence-corrected chi connectivity index (χ2v) is 5.51. The van der Waals surface area contributed by atoms with Gasteiger partial charge in [-0.15, -0.1) is 5.10 Å². The van der Waals surface area contributed by atoms with Crippen LogP contribution in [0.5, 0.6) is 0 Å². The first-order chi connectivity index (χ1) is 13.1. The summed E-state index contributed by atoms with van der Waals surface area (Å²) in [5.41, 5.74) is 1.71. The lowest BCUT2D eigenvalue weighted by molar-refractivity contribution is -0.132. The fourth-order valence-corrected chi connectivity index (χ4v) is 2.26. The van der Waals surface area contributed by atoms with Crippen molar-refractivity contribution in [3.05, 3.63) is 72.1 Å². The summed E-state index contributed by atoms with van der Waals surface area (Å²) in [6.07, 6.45) is 1.49. The van der Waals surface area contributed by atoms with Crippen LogP contribution in [0.25, 0.3) is 5.69 Å². The van der Waals surface area contributed by atoms with Gasteiger partial charge in [-0.25, -0.2) is 9.48 Å². The maximum absolute atomic E-state index is 12.0. The van der Waals surface area contributed by atoms with E-state index in [1.807, 2.05) is 6.07 Å². The Morgan fingerprint density at radius 1 is 0.963 bits per heavy atom. The molecule has 2 amide bonds. The Kier molecular flexibility index (Phi) is 5.63. The third kappa shape index (κ3) is 5.05. The molecule has 0 aliphatic rings. The van der Waals surface area contributed by atoms with E-state index >= 15 is 0 Å². The highest BCUT2D eigenvalue weighted by molar-refractivity contribution is 5.98. The summed E-state index contributed by atoms with van der Waals surface area (Å²) < 4.78 is 6.35. The maximum atomic E-state index is 12.0. The highest BCUT2D eigenvalue weighted by Crippen LogP contribution is 2.08. The summed E-state index contributed by atoms with van der Waals surface area (Å²) in [5, 5.41) is 13.0. The lowest BCUT2D eigenvalue weighted by Crippen LogP contribution is -2.35. The molecule has 27 heavy (non-hydrogen) atoms. The first-order valence-electron chi connectivity index (χ1n) is 7.99. The number of benzene rings is 2. The van der Waals surface area contributed by atoms with Crippen LogP contribution in [0.4, 0.5) is 0 Å². The zero-order valence-electron chi connectivity index (χ0n) is 14.1. The van der Waals surface area contributed by atoms with Gasteiger partial charge in [-0.1, -0.05) is 30.3 Å². The average molecular weight is 365 g/mol. The number of rotatable bonds is 6. The number of aromatic nitrogens is 4. The zero-order valence-corrected chi connectivity index (χ0v) is 14.1. The fourth-order valence-electron chi connectivity index (χ4n) is 2.26. The molecule has 0 bridgehead atoms. The third-order valence-corrected chi connectivity index (χ3v) is 3.54. The summed E-state index contributed by atoms with van der Waals surface area (Å²) in [6.45, 7) is -0.548. The van der Waals surface area contributed by atoms with E-state index in [1.54, 1.807) is 36.4 Å². The fraction of sp³-hybridized carbons (Fsp3) is 0.111. The van der Waals surface area contributed by atoms with Crippen molar-refractivity contribution in [2.45, 2.75) is 6.42 Å². The van der Waals surface area contributed by atoms with Crippen LogP contribution >= 0.6 is 0 Å². The van der Waals surface area contributed by atoms with Gasteiger partial charge in [0.05, 0.1) is 17.7 Å². The van der Waals surface area contributed by atoms with Gasteiger partial charge in [0.2, 0.25) is 5.91 Å². The Morgan fingerprint density at radius 2 is 1.70 bits per heavy atom. The molecule has 0 aliphatic carbocycles. The van der Waals surface area contributed by atoms with Gasteiger partial charge in [0.25, 0.3) is 5.91 Å². The van der Waals surface area contributed by atoms with E-state index in [0.717, 1.165) is 5.56 Å². The van der Waals surface area contributed by atoms with Crippen LogP contribution in [-0.2, 0) is 20.7 Å². The van der Waals surface area contributed by atoms with E-state index in [-0.39, 0.29) is 12.0 Å². The number of carbonyl (C=O) groups excluding carboxylic acids is 3. The molecule has 1 N–H and O–H groups in total. The number of hydrogen-bond acceptors (Lipinski definition) is 7. The zero-order chi connectivity index (χ0) is 19.1. The average Bonchev–Trinajstić information content (AvgIpc) is 3.22. The molecule has 1 aromatic heterocycles. The van der Waals surface area contributed by atoms with Crippen molar-refractivity contribution in [1.82, 2.24) is 25.5 Å². The maximum Gasteiger partial charge on any atom is 0.338 e. The predicted molar refractivity (Wildman–Crippen MR) is 92.7 cm³/mol. The van der Waals surface area contributed by atoms with E-state index in [1.165, 1.54) is 23.1 Å². The number of carbonyl (C=O) groups is 3. The van der Waals surface area contributed by atoms with Crippen LogP contribution in [0.3, 0.4) is 0 Å². The van der Waals surface area contributed by atoms with Gasteiger partial charge >= 0.3 is 5.97 Å². The van der Waals surface area contributed by atoms with Crippen molar-refractivity contribution in [1.29, 1.82) is 0 Å². The highest BCUT2D eigenvalue weighted by Gasteiger charge is 2.13. The first-order valence-corrected chi connectivity index (χ1v) is 7.99. The number of nitrogens with zero attached hydrogens (tertiary/aromatic N) is 4. The van der Waals surface area contributed by atoms with Crippen LogP contribution in [-0.4, -0.2) is 44.6 Å². The topological polar surface area (TPSA) is 116 Å². The summed E-state index contributed by atoms with van der Waals surface area (Å²) in [6, 6.07) is 15.3. The minimum absolute atomic E-state index is 0.0686. The van der Waals surface area contributed by atoms with Crippen molar-refractivity contribution in [2.75, 3.05) is 6.61 Å². The molecular weight excluding hydrogens is 350 g/mol. The lowest BCUT2D eigenvalue weighted by Gasteiger charge is -2.06. The molecule has 3 aromatic rings. The third-order valence-electron chi connectivity index (χ3n) is 3.54. The second-order valence-electron chi connectivity index (χ2n) is 5.51. The molecule has 0 saturated carbocycles. The Morgan fingerprint density at radius 3 is 2.37 bits per heavy atom. The van der Waals surface area contributed by atoms with Crippen molar-refractivity contribution >= 4 is 17.8 Å². The predicted octanol–water partition coefficient (Wildman–Crippen LogP) is 0.705. The molecule has 0 spiro atoms. The smallest absolute Gasteiger partial charge is 0.338 e. The summed E-state index contributed by atoms with van der Waals surface area (Å²) in [7, 11) is 0. The lowest BCUT2D eigenvalue weighted by atomic mass is 10.1. The van der Waals surface area contributed by atoms with Crippen molar-refractivity contribution in [3.8, 4) is 5.69 Å². The molecule has 9 heteroatoms. The minimum atomic E-state index is -0.686. The van der Waals surface area contributed by atoms with Crippen molar-refractivity contribution in [2.24, 2.45) is 0 Å². The van der Waals surface area contributed by atoms with Crippen LogP contribution in [0.2, 0.25) is 0 Å². The van der Waals surface area contributed by atoms with E-state index in [2.05, 4.69) is 20.8 Å². The minimum Gasteiger partial charge on any atom is -0.452 e. The van der Waals surface area contributed by atoms with Gasteiger partial charge in [-0.2, -0.15) is 0 Å². The van der Waals surface area contributed by atoms with Crippen molar-refractivity contribution in [3.63, 3.8) is 0 Å². The number of nitrogens with one attached hydrogen (secondary N) is 1. The molecule has 2 aromatic carbocycles. The highest BCUT2D eigenvalue weighted by atomic mass is 16.5. The Hall–Kier alpha value is -3.88. The van der Waals surface area contributed by atoms with Gasteiger partial charge < -0.3 is 4.74 Å². The number of amides is 2. The van der Waals surface area contributed by atoms with Gasteiger partial charge in [0, 0.05) is 0 Å². The van der Waals surface area contributed by atoms with Crippen LogP contribution in [0.15, 0.2) is 60.9 Å². The second kappa shape index (κ2) is 8.48. The Bertz CT molecular complexity index is 924. The number of imide groups is 1. The molecule has 0 saturated heterocycles. The van der Waals surface area contributed by atoms with Crippen molar-refractivity contribution < 1.29 is 19.1 Å². The molecule has 9 nitrogen and oxygen atoms in total. The molecular formula is C18H15N5O4. The monoisotopic (exact) mass is 365 g/mol. The normalized spacial score (nSPS) is 10.2. The van der Waals surface area contributed by atoms with E-state index < -0.39 is 24.4 Å². The summed E-state index contributed by atoms with van der Waals surface area (Å²) in [5.74, 6) is -1.83. The van der Waals surface area contributed by atoms with E-state index in [9.17, 15) is 14.4 Å². The number of hydrogen-bond donors (Lipinski definition) is 1. The quantitative estimate of drug-likeness (QED) is 0.639. The van der Waals surface area contributed by atoms with Gasteiger partial charge in [-0.05, 0) is 40.3 Å². The van der Waals surface area contributed by atoms with Crippen LogP contribution < -0.4 is 5.32 Å². The number of ether oxygens (including phenoxy) is 1. The summed E-state index contributed by atoms with van der Waals surface area (Å²) >= 11 is 0. The molecule has 136 valence electrons. The molecule has 0 unspecified atom stereocenters. The van der Waals surface area contributed by atoms with E-state index in [4.69, 9.17) is 4.74 Å². The molecule has 1 heterocycles. The molecule has 0 radical (unpaired) electrons. The molecule has 0 fully saturated rings. The SMILES string of the molecule is O=C(COC(=O)c1ccc(-n2cnnn2)cc1)NC(=O)Cc1ccccc1. The Labute approximate surface area is 154 Å². The van der Waals surface area contributed by atoms with Gasteiger partial charge in [0.1, 0.15) is 6.33 Å².